The molecule has 0 aliphatic carbocycles. The van der Waals surface area contributed by atoms with Crippen molar-refractivity contribution >= 4 is 104 Å². The van der Waals surface area contributed by atoms with Gasteiger partial charge in [-0.15, -0.1) is 0 Å². The molecule has 0 unspecified atom stereocenters. The Bertz CT molecular complexity index is 3710. The zero-order chi connectivity index (χ0) is 51.3. The van der Waals surface area contributed by atoms with Gasteiger partial charge in [0.15, 0.2) is 0 Å². The molecule has 76 heavy (non-hydrogen) atoms. The Balaban J connectivity index is 1.41. The largest absolute Gasteiger partial charge is 0.353 e. The maximum Gasteiger partial charge on any atom is 0.0891 e. The smallest absolute Gasteiger partial charge is 0.0891 e. The number of hydrogen-bond donors (Lipinski definition) is 2. The van der Waals surface area contributed by atoms with Crippen molar-refractivity contribution in [1.82, 2.24) is 19.9 Å². The Kier molecular flexibility index (Phi) is 12.9. The predicted molar refractivity (Wildman–Crippen MR) is 334 cm³/mol. The van der Waals surface area contributed by atoms with Crippen LogP contribution in [0.5, 0.6) is 0 Å². The molecule has 8 aromatic carbocycles. The average Bonchev–Trinajstić information content (AvgIpc) is 4.30. The fourth-order valence-electron chi connectivity index (χ4n) is 10.8. The van der Waals surface area contributed by atoms with Gasteiger partial charge in [0.1, 0.15) is 0 Å². The average molecular weight is 1230 g/mol. The van der Waals surface area contributed by atoms with Crippen molar-refractivity contribution in [1.29, 1.82) is 0 Å². The molecule has 8 bridgehead atoms. The van der Waals surface area contributed by atoms with Gasteiger partial charge >= 0.3 is 0 Å². The van der Waals surface area contributed by atoms with Gasteiger partial charge in [0.2, 0.25) is 0 Å². The molecule has 13 rings (SSSR count). The number of aromatic nitrogens is 4. The standard InChI is InChI=1S/C68H42Br4N4/c69-57-58(70)67-55(47-37-21-7-22-38-47)63-51(43-29-13-3-14-30-43)52(44-31-15-4-16-32-44)64(74-63)56(48-39-23-8-24-40-48)68-60(72)59(71)66(76-68)54(46-35-19-6-20-36-46)62-50(42-27-11-2-12-28-42)49(41-25-9-1-10-26-41)61(73-62)53(65(57)75-67)45-33-17-5-18-34-45/h1-40,73-74H. The van der Waals surface area contributed by atoms with E-state index in [4.69, 9.17) is 9.97 Å². The molecule has 11 aromatic rings. The number of aromatic amines is 2. The SMILES string of the molecule is BrC1=C(Br)c2nc1c(-c1ccccc1)c1[nH]c(c(-c3ccccc3)c3nc(c(-c4ccccc4)c4[nH]c(c2-c2ccccc2)c(-c2ccccc2)c4-c2ccccc2)C(Br)=C3Br)c(-c2ccccc2)c1-c1ccccc1. The van der Waals surface area contributed by atoms with Gasteiger partial charge in [-0.3, -0.25) is 0 Å². The van der Waals surface area contributed by atoms with E-state index in [1.807, 2.05) is 0 Å². The summed E-state index contributed by atoms with van der Waals surface area (Å²) in [6, 6.07) is 85.4. The fourth-order valence-corrected chi connectivity index (χ4v) is 12.7. The molecule has 4 nitrogen and oxygen atoms in total. The van der Waals surface area contributed by atoms with Gasteiger partial charge in [0, 0.05) is 44.5 Å². The summed E-state index contributed by atoms with van der Waals surface area (Å²) in [7, 11) is 0. The van der Waals surface area contributed by atoms with Crippen molar-refractivity contribution in [2.45, 2.75) is 0 Å². The highest BCUT2D eigenvalue weighted by atomic mass is 79.9. The van der Waals surface area contributed by atoms with Crippen molar-refractivity contribution in [3.05, 3.63) is 265 Å². The molecule has 0 saturated carbocycles. The molecule has 8 heteroatoms. The molecule has 2 aliphatic heterocycles. The molecule has 0 amide bonds. The first-order chi connectivity index (χ1) is 37.4. The Hall–Kier alpha value is -7.72. The molecule has 362 valence electrons. The summed E-state index contributed by atoms with van der Waals surface area (Å²) in [6.45, 7) is 0. The summed E-state index contributed by atoms with van der Waals surface area (Å²) in [5.41, 5.74) is 22.7. The minimum absolute atomic E-state index is 0.768. The van der Waals surface area contributed by atoms with Gasteiger partial charge in [-0.1, -0.05) is 243 Å². The van der Waals surface area contributed by atoms with Gasteiger partial charge < -0.3 is 9.97 Å². The van der Waals surface area contributed by atoms with E-state index < -0.39 is 0 Å². The number of halogens is 4. The van der Waals surface area contributed by atoms with Crippen molar-refractivity contribution < 1.29 is 0 Å². The minimum Gasteiger partial charge on any atom is -0.353 e. The third-order valence-electron chi connectivity index (χ3n) is 14.1. The predicted octanol–water partition coefficient (Wildman–Crippen LogP) is 20.9. The van der Waals surface area contributed by atoms with E-state index in [1.165, 1.54) is 0 Å². The maximum atomic E-state index is 5.94. The molecule has 0 radical (unpaired) electrons. The maximum absolute atomic E-state index is 5.94. The lowest BCUT2D eigenvalue weighted by Gasteiger charge is -2.12. The normalized spacial score (nSPS) is 12.4. The topological polar surface area (TPSA) is 57.4 Å². The monoisotopic (exact) mass is 1230 g/mol. The van der Waals surface area contributed by atoms with Crippen LogP contribution >= 0.6 is 63.7 Å². The van der Waals surface area contributed by atoms with Crippen LogP contribution in [0.3, 0.4) is 0 Å². The molecule has 0 fully saturated rings. The number of fused-ring (bicyclic) bond motifs is 8. The first-order valence-corrected chi connectivity index (χ1v) is 28.1. The van der Waals surface area contributed by atoms with Crippen molar-refractivity contribution in [2.24, 2.45) is 0 Å². The highest BCUT2D eigenvalue weighted by molar-refractivity contribution is 9.18. The lowest BCUT2D eigenvalue weighted by Crippen LogP contribution is -1.91. The Morgan fingerprint density at radius 3 is 0.500 bits per heavy atom. The summed E-state index contributed by atoms with van der Waals surface area (Å²) in [4.78, 5) is 20.3. The van der Waals surface area contributed by atoms with Crippen LogP contribution in [0.1, 0.15) is 22.8 Å². The Morgan fingerprint density at radius 2 is 0.342 bits per heavy atom. The lowest BCUT2D eigenvalue weighted by molar-refractivity contribution is 1.31. The van der Waals surface area contributed by atoms with Crippen LogP contribution in [0.25, 0.3) is 129 Å². The second-order valence-corrected chi connectivity index (χ2v) is 21.7. The molecule has 2 aliphatic rings. The van der Waals surface area contributed by atoms with E-state index in [2.05, 4.69) is 316 Å². The first kappa shape index (κ1) is 48.0. The Morgan fingerprint density at radius 1 is 0.197 bits per heavy atom. The zero-order valence-electron chi connectivity index (χ0n) is 40.5. The molecule has 2 N–H and O–H groups in total. The molecule has 0 spiro atoms. The van der Waals surface area contributed by atoms with Gasteiger partial charge in [0.05, 0.1) is 62.8 Å². The fraction of sp³-hybridized carbons (Fsp3) is 0. The number of H-pyrrole nitrogens is 2. The second kappa shape index (κ2) is 20.4. The molecular formula is C68H42Br4N4. The van der Waals surface area contributed by atoms with Crippen LogP contribution in [0.15, 0.2) is 243 Å². The van der Waals surface area contributed by atoms with Crippen molar-refractivity contribution in [2.75, 3.05) is 0 Å². The number of nitrogens with one attached hydrogen (secondary N) is 2. The lowest BCUT2D eigenvalue weighted by atomic mass is 9.91. The van der Waals surface area contributed by atoms with Crippen LogP contribution < -0.4 is 0 Å². The number of nitrogens with zero attached hydrogens (tertiary/aromatic N) is 2. The quantitative estimate of drug-likeness (QED) is 0.159. The summed E-state index contributed by atoms with van der Waals surface area (Å²) in [6.07, 6.45) is 0. The third-order valence-corrected chi connectivity index (χ3v) is 18.3. The van der Waals surface area contributed by atoms with Crippen LogP contribution in [0.4, 0.5) is 0 Å². The zero-order valence-corrected chi connectivity index (χ0v) is 46.8. The van der Waals surface area contributed by atoms with E-state index in [9.17, 15) is 0 Å². The Labute approximate surface area is 474 Å². The van der Waals surface area contributed by atoms with Crippen LogP contribution in [0.2, 0.25) is 0 Å². The van der Waals surface area contributed by atoms with Gasteiger partial charge in [-0.2, -0.15) is 0 Å². The number of benzene rings is 8. The van der Waals surface area contributed by atoms with Crippen LogP contribution in [-0.2, 0) is 0 Å². The summed E-state index contributed by atoms with van der Waals surface area (Å²) >= 11 is 17.0. The first-order valence-electron chi connectivity index (χ1n) is 24.9. The van der Waals surface area contributed by atoms with Crippen molar-refractivity contribution in [3.63, 3.8) is 0 Å². The molecular weight excluding hydrogens is 1190 g/mol. The molecule has 0 saturated heterocycles. The van der Waals surface area contributed by atoms with E-state index in [0.29, 0.717) is 0 Å². The van der Waals surface area contributed by atoms with E-state index in [-0.39, 0.29) is 0 Å². The van der Waals surface area contributed by atoms with E-state index in [0.717, 1.165) is 152 Å². The highest BCUT2D eigenvalue weighted by Crippen LogP contribution is 2.55. The van der Waals surface area contributed by atoms with Crippen LogP contribution in [-0.4, -0.2) is 19.9 Å². The van der Waals surface area contributed by atoms with Gasteiger partial charge in [-0.25, -0.2) is 9.97 Å². The minimum atomic E-state index is 0.768. The van der Waals surface area contributed by atoms with Crippen LogP contribution in [0, 0.1) is 0 Å². The van der Waals surface area contributed by atoms with E-state index in [1.54, 1.807) is 0 Å². The van der Waals surface area contributed by atoms with Gasteiger partial charge in [-0.05, 0) is 108 Å². The van der Waals surface area contributed by atoms with E-state index >= 15 is 0 Å². The summed E-state index contributed by atoms with van der Waals surface area (Å²) in [5, 5.41) is 0. The third kappa shape index (κ3) is 8.32. The molecule has 5 heterocycles. The van der Waals surface area contributed by atoms with Gasteiger partial charge in [0.25, 0.3) is 0 Å². The van der Waals surface area contributed by atoms with Crippen molar-refractivity contribution in [3.8, 4) is 89.0 Å². The number of hydrogen-bond acceptors (Lipinski definition) is 2. The number of rotatable bonds is 8. The molecule has 0 atom stereocenters. The summed E-state index contributed by atoms with van der Waals surface area (Å²) in [5.74, 6) is 0. The summed E-state index contributed by atoms with van der Waals surface area (Å²) < 4.78 is 3.29. The molecule has 3 aromatic heterocycles. The second-order valence-electron chi connectivity index (χ2n) is 18.6. The highest BCUT2D eigenvalue weighted by Gasteiger charge is 2.33.